The Morgan fingerprint density at radius 2 is 1.96 bits per heavy atom. The molecule has 0 unspecified atom stereocenters. The lowest BCUT2D eigenvalue weighted by molar-refractivity contribution is 0.402. The second kappa shape index (κ2) is 5.76. The second-order valence-corrected chi connectivity index (χ2v) is 7.75. The maximum atomic E-state index is 13.8. The Labute approximate surface area is 140 Å². The summed E-state index contributed by atoms with van der Waals surface area (Å²) in [5.74, 6) is -1.39. The van der Waals surface area contributed by atoms with E-state index in [0.29, 0.717) is 4.47 Å². The molecule has 0 aliphatic carbocycles. The Hall–Kier alpha value is -1.67. The molecule has 0 saturated heterocycles. The lowest BCUT2D eigenvalue weighted by Gasteiger charge is -2.21. The highest BCUT2D eigenvalue weighted by Crippen LogP contribution is 2.38. The van der Waals surface area contributed by atoms with Gasteiger partial charge in [-0.2, -0.15) is 0 Å². The molecule has 0 aromatic heterocycles. The molecule has 122 valence electrons. The van der Waals surface area contributed by atoms with Gasteiger partial charge in [0.15, 0.2) is 0 Å². The molecule has 0 atom stereocenters. The third-order valence-corrected chi connectivity index (χ3v) is 5.99. The van der Waals surface area contributed by atoms with Gasteiger partial charge in [-0.1, -0.05) is 15.9 Å². The molecule has 0 spiro atoms. The van der Waals surface area contributed by atoms with Gasteiger partial charge in [-0.3, -0.25) is 4.31 Å². The van der Waals surface area contributed by atoms with Crippen LogP contribution in [0.1, 0.15) is 5.56 Å². The van der Waals surface area contributed by atoms with Crippen molar-refractivity contribution in [3.8, 4) is 5.75 Å². The number of rotatable bonds is 3. The lowest BCUT2D eigenvalue weighted by Crippen LogP contribution is -2.29. The lowest BCUT2D eigenvalue weighted by atomic mass is 10.1. The van der Waals surface area contributed by atoms with Crippen molar-refractivity contribution in [2.24, 2.45) is 0 Å². The summed E-state index contributed by atoms with van der Waals surface area (Å²) in [6.07, 6.45) is 0.191. The summed E-state index contributed by atoms with van der Waals surface area (Å²) >= 11 is 3.22. The van der Waals surface area contributed by atoms with Crippen molar-refractivity contribution in [2.75, 3.05) is 18.0 Å². The number of anilines is 1. The van der Waals surface area contributed by atoms with Gasteiger partial charge in [0.25, 0.3) is 10.0 Å². The molecule has 23 heavy (non-hydrogen) atoms. The average molecular weight is 404 g/mol. The first-order chi connectivity index (χ1) is 10.8. The van der Waals surface area contributed by atoms with Gasteiger partial charge in [0.1, 0.15) is 22.3 Å². The quantitative estimate of drug-likeness (QED) is 0.787. The Morgan fingerprint density at radius 3 is 2.65 bits per heavy atom. The van der Waals surface area contributed by atoms with E-state index in [1.807, 2.05) is 0 Å². The molecular weight excluding hydrogens is 392 g/mol. The zero-order valence-corrected chi connectivity index (χ0v) is 14.4. The second-order valence-electron chi connectivity index (χ2n) is 5.01. The van der Waals surface area contributed by atoms with Crippen LogP contribution in [0.15, 0.2) is 39.7 Å². The summed E-state index contributed by atoms with van der Waals surface area (Å²) in [6, 6.07) is 6.36. The van der Waals surface area contributed by atoms with Crippen LogP contribution in [0.5, 0.6) is 5.75 Å². The first-order valence-corrected chi connectivity index (χ1v) is 8.92. The van der Waals surface area contributed by atoms with E-state index in [9.17, 15) is 17.2 Å². The van der Waals surface area contributed by atoms with Crippen molar-refractivity contribution in [1.82, 2.24) is 0 Å². The van der Waals surface area contributed by atoms with Crippen molar-refractivity contribution >= 4 is 31.6 Å². The Balaban J connectivity index is 2.16. The van der Waals surface area contributed by atoms with Crippen LogP contribution in [0, 0.1) is 11.6 Å². The third kappa shape index (κ3) is 2.70. The van der Waals surface area contributed by atoms with Crippen molar-refractivity contribution in [3.63, 3.8) is 0 Å². The van der Waals surface area contributed by atoms with Crippen LogP contribution < -0.4 is 9.04 Å². The normalized spacial score (nSPS) is 14.0. The molecule has 2 aromatic carbocycles. The largest absolute Gasteiger partial charge is 0.495 e. The molecule has 0 amide bonds. The van der Waals surface area contributed by atoms with Crippen molar-refractivity contribution < 1.29 is 21.9 Å². The van der Waals surface area contributed by atoms with Gasteiger partial charge in [-0.15, -0.1) is 0 Å². The molecule has 0 bridgehead atoms. The molecule has 1 aliphatic heterocycles. The van der Waals surface area contributed by atoms with E-state index in [-0.39, 0.29) is 34.9 Å². The van der Waals surface area contributed by atoms with E-state index in [4.69, 9.17) is 4.74 Å². The van der Waals surface area contributed by atoms with Crippen LogP contribution in [0.25, 0.3) is 0 Å². The summed E-state index contributed by atoms with van der Waals surface area (Å²) in [7, 11) is -2.65. The topological polar surface area (TPSA) is 46.6 Å². The van der Waals surface area contributed by atoms with Crippen molar-refractivity contribution in [2.45, 2.75) is 11.3 Å². The fraction of sp³-hybridized carbons (Fsp3) is 0.200. The first-order valence-electron chi connectivity index (χ1n) is 6.69. The van der Waals surface area contributed by atoms with Crippen LogP contribution in [0.4, 0.5) is 14.5 Å². The fourth-order valence-corrected chi connectivity index (χ4v) is 4.80. The minimum absolute atomic E-state index is 0.0320. The molecule has 0 fully saturated rings. The number of hydrogen-bond donors (Lipinski definition) is 0. The van der Waals surface area contributed by atoms with Gasteiger partial charge in [0, 0.05) is 22.6 Å². The van der Waals surface area contributed by atoms with E-state index in [2.05, 4.69) is 15.9 Å². The third-order valence-electron chi connectivity index (χ3n) is 3.66. The highest BCUT2D eigenvalue weighted by Gasteiger charge is 2.35. The van der Waals surface area contributed by atoms with Gasteiger partial charge < -0.3 is 4.74 Å². The Morgan fingerprint density at radius 1 is 1.22 bits per heavy atom. The summed E-state index contributed by atoms with van der Waals surface area (Å²) in [5, 5.41) is 0. The number of methoxy groups -OCH3 is 1. The number of sulfonamides is 1. The van der Waals surface area contributed by atoms with Crippen molar-refractivity contribution in [1.29, 1.82) is 0 Å². The summed E-state index contributed by atoms with van der Waals surface area (Å²) in [6.45, 7) is 0.0493. The van der Waals surface area contributed by atoms with E-state index in [0.717, 1.165) is 16.4 Å². The number of fused-ring (bicyclic) bond motifs is 1. The SMILES string of the molecule is COc1ccc(Br)cc1S(=O)(=O)N1CCc2c(F)cc(F)cc21. The highest BCUT2D eigenvalue weighted by atomic mass is 79.9. The maximum Gasteiger partial charge on any atom is 0.268 e. The minimum atomic E-state index is -4.01. The first kappa shape index (κ1) is 16.2. The molecule has 0 saturated carbocycles. The van der Waals surface area contributed by atoms with Crippen LogP contribution in [-0.4, -0.2) is 22.1 Å². The number of hydrogen-bond acceptors (Lipinski definition) is 3. The van der Waals surface area contributed by atoms with E-state index in [1.54, 1.807) is 6.07 Å². The molecule has 8 heteroatoms. The van der Waals surface area contributed by atoms with Gasteiger partial charge in [-0.05, 0) is 30.7 Å². The molecule has 1 heterocycles. The van der Waals surface area contributed by atoms with Crippen LogP contribution in [0.3, 0.4) is 0 Å². The molecule has 3 rings (SSSR count). The standard InChI is InChI=1S/C15H12BrF2NO3S/c1-22-14-3-2-9(16)6-15(14)23(20,21)19-5-4-11-12(18)7-10(17)8-13(11)19/h2-3,6-8H,4-5H2,1H3. The predicted molar refractivity (Wildman–Crippen MR) is 85.3 cm³/mol. The molecule has 0 N–H and O–H groups in total. The molecule has 0 radical (unpaired) electrons. The van der Waals surface area contributed by atoms with E-state index in [1.165, 1.54) is 19.2 Å². The maximum absolute atomic E-state index is 13.8. The molecule has 1 aliphatic rings. The average Bonchev–Trinajstić information content (AvgIpc) is 2.92. The summed E-state index contributed by atoms with van der Waals surface area (Å²) in [4.78, 5) is -0.0631. The minimum Gasteiger partial charge on any atom is -0.495 e. The number of ether oxygens (including phenoxy) is 1. The molecule has 4 nitrogen and oxygen atoms in total. The predicted octanol–water partition coefficient (Wildman–Crippen LogP) is 3.49. The van der Waals surface area contributed by atoms with Crippen LogP contribution in [0.2, 0.25) is 0 Å². The zero-order chi connectivity index (χ0) is 16.8. The smallest absolute Gasteiger partial charge is 0.268 e. The monoisotopic (exact) mass is 403 g/mol. The molecule has 2 aromatic rings. The summed E-state index contributed by atoms with van der Waals surface area (Å²) in [5.41, 5.74) is 0.230. The van der Waals surface area contributed by atoms with Gasteiger partial charge >= 0.3 is 0 Å². The van der Waals surface area contributed by atoms with E-state index < -0.39 is 21.7 Å². The van der Waals surface area contributed by atoms with Gasteiger partial charge in [0.2, 0.25) is 0 Å². The van der Waals surface area contributed by atoms with E-state index >= 15 is 0 Å². The number of halogens is 3. The highest BCUT2D eigenvalue weighted by molar-refractivity contribution is 9.10. The van der Waals surface area contributed by atoms with Crippen LogP contribution in [-0.2, 0) is 16.4 Å². The van der Waals surface area contributed by atoms with Gasteiger partial charge in [-0.25, -0.2) is 17.2 Å². The van der Waals surface area contributed by atoms with Crippen LogP contribution >= 0.6 is 15.9 Å². The zero-order valence-electron chi connectivity index (χ0n) is 12.0. The fourth-order valence-electron chi connectivity index (χ4n) is 2.61. The van der Waals surface area contributed by atoms with Crippen molar-refractivity contribution in [3.05, 3.63) is 52.0 Å². The number of benzene rings is 2. The Kier molecular flexibility index (Phi) is 4.05. The summed E-state index contributed by atoms with van der Waals surface area (Å²) < 4.78 is 59.9. The molecular formula is C15H12BrF2NO3S. The Bertz CT molecular complexity index is 887. The number of nitrogens with zero attached hydrogens (tertiary/aromatic N) is 1. The van der Waals surface area contributed by atoms with Gasteiger partial charge in [0.05, 0.1) is 12.8 Å².